The number of hydrogen-bond acceptors (Lipinski definition) is 7. The van der Waals surface area contributed by atoms with Crippen molar-refractivity contribution in [3.8, 4) is 11.1 Å². The molecule has 2 heterocycles. The third-order valence-corrected chi connectivity index (χ3v) is 9.37. The van der Waals surface area contributed by atoms with Gasteiger partial charge in [0.2, 0.25) is 11.8 Å². The fourth-order valence-electron chi connectivity index (χ4n) is 5.52. The molecule has 1 saturated heterocycles. The van der Waals surface area contributed by atoms with Crippen LogP contribution >= 0.6 is 11.8 Å². The molecule has 1 aliphatic heterocycles. The summed E-state index contributed by atoms with van der Waals surface area (Å²) in [5.74, 6) is 0.756. The van der Waals surface area contributed by atoms with Gasteiger partial charge < -0.3 is 29.8 Å². The second-order valence-corrected chi connectivity index (χ2v) is 12.9. The largest absolute Gasteiger partial charge is 0.392 e. The standard InChI is InChI=1S/C37H44N4O5S/c1-26(43)38-18-5-3-4-9-35(44)40-23-28-7-6-8-32(21-28)29-14-16-31(17-15-29)36-45-33(25-47-37-39-19-20-41(37)2)22-34(46-36)30-12-10-27(24-42)11-13-30/h6-8,10-17,19-21,33-34,36,42H,3-5,9,18,22-25H2,1-2H3,(H,38,43)(H,40,44)/t33-,34+,36+/m0/s1. The molecule has 3 atom stereocenters. The Kier molecular flexibility index (Phi) is 12.6. The van der Waals surface area contributed by atoms with Crippen LogP contribution in [0.4, 0.5) is 0 Å². The number of amides is 2. The van der Waals surface area contributed by atoms with Crippen molar-refractivity contribution in [2.24, 2.45) is 7.05 Å². The highest BCUT2D eigenvalue weighted by molar-refractivity contribution is 7.99. The maximum Gasteiger partial charge on any atom is 0.220 e. The fraction of sp³-hybridized carbons (Fsp3) is 0.378. The second-order valence-electron chi connectivity index (χ2n) is 11.9. The molecular weight excluding hydrogens is 612 g/mol. The molecule has 248 valence electrons. The Morgan fingerprint density at radius 3 is 2.45 bits per heavy atom. The number of aryl methyl sites for hydroxylation is 1. The molecule has 9 nitrogen and oxygen atoms in total. The van der Waals surface area contributed by atoms with Gasteiger partial charge in [-0.2, -0.15) is 0 Å². The van der Waals surface area contributed by atoms with Crippen molar-refractivity contribution >= 4 is 23.6 Å². The number of carbonyl (C=O) groups excluding carboxylic acids is 2. The van der Waals surface area contributed by atoms with Crippen molar-refractivity contribution in [2.45, 2.75) is 75.8 Å². The van der Waals surface area contributed by atoms with Gasteiger partial charge in [-0.1, -0.05) is 84.9 Å². The summed E-state index contributed by atoms with van der Waals surface area (Å²) in [6.07, 6.45) is 6.78. The summed E-state index contributed by atoms with van der Waals surface area (Å²) < 4.78 is 15.0. The highest BCUT2D eigenvalue weighted by Gasteiger charge is 2.32. The number of unbranched alkanes of at least 4 members (excludes halogenated alkanes) is 2. The number of rotatable bonds is 15. The van der Waals surface area contributed by atoms with E-state index in [9.17, 15) is 14.7 Å². The minimum atomic E-state index is -0.528. The van der Waals surface area contributed by atoms with E-state index in [1.54, 1.807) is 18.0 Å². The average molecular weight is 657 g/mol. The van der Waals surface area contributed by atoms with Crippen molar-refractivity contribution in [1.29, 1.82) is 0 Å². The molecule has 10 heteroatoms. The van der Waals surface area contributed by atoms with Crippen LogP contribution in [0.5, 0.6) is 0 Å². The van der Waals surface area contributed by atoms with E-state index in [-0.39, 0.29) is 30.6 Å². The van der Waals surface area contributed by atoms with E-state index in [0.29, 0.717) is 25.9 Å². The van der Waals surface area contributed by atoms with Crippen molar-refractivity contribution in [3.05, 3.63) is 107 Å². The molecule has 0 radical (unpaired) electrons. The molecule has 5 rings (SSSR count). The maximum atomic E-state index is 12.4. The van der Waals surface area contributed by atoms with Crippen LogP contribution in [0.25, 0.3) is 11.1 Å². The van der Waals surface area contributed by atoms with Crippen LogP contribution in [0.3, 0.4) is 0 Å². The van der Waals surface area contributed by atoms with Crippen LogP contribution in [0.15, 0.2) is 90.3 Å². The van der Waals surface area contributed by atoms with Crippen LogP contribution in [0.1, 0.15) is 73.7 Å². The summed E-state index contributed by atoms with van der Waals surface area (Å²) in [5.41, 5.74) is 6.04. The minimum absolute atomic E-state index is 0.00734. The molecular formula is C37H44N4O5S. The Hall–Kier alpha value is -3.96. The van der Waals surface area contributed by atoms with Gasteiger partial charge in [0.05, 0.1) is 18.8 Å². The average Bonchev–Trinajstić information content (AvgIpc) is 3.52. The first kappa shape index (κ1) is 34.4. The molecule has 3 aromatic carbocycles. The summed E-state index contributed by atoms with van der Waals surface area (Å²) in [7, 11) is 1.99. The zero-order chi connectivity index (χ0) is 33.0. The number of carbonyl (C=O) groups is 2. The lowest BCUT2D eigenvalue weighted by Gasteiger charge is -2.36. The van der Waals surface area contributed by atoms with E-state index in [1.165, 1.54) is 6.92 Å². The third-order valence-electron chi connectivity index (χ3n) is 8.18. The quantitative estimate of drug-likeness (QED) is 0.103. The lowest BCUT2D eigenvalue weighted by Crippen LogP contribution is -2.31. The predicted molar refractivity (Wildman–Crippen MR) is 183 cm³/mol. The lowest BCUT2D eigenvalue weighted by atomic mass is 9.99. The van der Waals surface area contributed by atoms with Gasteiger partial charge in [0.15, 0.2) is 11.4 Å². The number of imidazole rings is 1. The Balaban J connectivity index is 1.20. The Morgan fingerprint density at radius 1 is 0.936 bits per heavy atom. The topological polar surface area (TPSA) is 115 Å². The molecule has 47 heavy (non-hydrogen) atoms. The van der Waals surface area contributed by atoms with Crippen molar-refractivity contribution in [3.63, 3.8) is 0 Å². The third kappa shape index (κ3) is 10.3. The smallest absolute Gasteiger partial charge is 0.220 e. The Bertz CT molecular complexity index is 1590. The molecule has 4 aromatic rings. The Labute approximate surface area is 281 Å². The summed E-state index contributed by atoms with van der Waals surface area (Å²) in [6.45, 7) is 2.64. The monoisotopic (exact) mass is 656 g/mol. The van der Waals surface area contributed by atoms with Gasteiger partial charge in [0.25, 0.3) is 0 Å². The van der Waals surface area contributed by atoms with E-state index >= 15 is 0 Å². The van der Waals surface area contributed by atoms with Gasteiger partial charge in [0.1, 0.15) is 0 Å². The lowest BCUT2D eigenvalue weighted by molar-refractivity contribution is -0.245. The number of hydrogen-bond donors (Lipinski definition) is 3. The molecule has 0 unspecified atom stereocenters. The molecule has 0 bridgehead atoms. The predicted octanol–water partition coefficient (Wildman–Crippen LogP) is 6.23. The van der Waals surface area contributed by atoms with Crippen molar-refractivity contribution in [2.75, 3.05) is 12.3 Å². The first-order valence-corrected chi connectivity index (χ1v) is 17.2. The number of aliphatic hydroxyl groups excluding tert-OH is 1. The molecule has 0 aliphatic carbocycles. The number of benzene rings is 3. The van der Waals surface area contributed by atoms with Crippen LogP contribution in [0.2, 0.25) is 0 Å². The number of aliphatic hydroxyl groups is 1. The molecule has 1 fully saturated rings. The highest BCUT2D eigenvalue weighted by atomic mass is 32.2. The molecule has 1 aliphatic rings. The van der Waals surface area contributed by atoms with Gasteiger partial charge in [0, 0.05) is 63.6 Å². The maximum absolute atomic E-state index is 12.4. The second kappa shape index (κ2) is 17.3. The van der Waals surface area contributed by atoms with E-state index in [4.69, 9.17) is 9.47 Å². The number of ether oxygens (including phenoxy) is 2. The van der Waals surface area contributed by atoms with Crippen LogP contribution < -0.4 is 10.6 Å². The molecule has 0 spiro atoms. The first-order chi connectivity index (χ1) is 22.9. The minimum Gasteiger partial charge on any atom is -0.392 e. The zero-order valence-corrected chi connectivity index (χ0v) is 27.9. The van der Waals surface area contributed by atoms with Gasteiger partial charge in [-0.25, -0.2) is 4.98 Å². The van der Waals surface area contributed by atoms with Gasteiger partial charge in [-0.3, -0.25) is 9.59 Å². The van der Waals surface area contributed by atoms with E-state index in [0.717, 1.165) is 63.6 Å². The molecule has 2 amide bonds. The number of nitrogens with zero attached hydrogens (tertiary/aromatic N) is 2. The highest BCUT2D eigenvalue weighted by Crippen LogP contribution is 2.39. The van der Waals surface area contributed by atoms with Gasteiger partial charge in [-0.15, -0.1) is 0 Å². The van der Waals surface area contributed by atoms with Crippen LogP contribution in [-0.2, 0) is 39.3 Å². The number of nitrogens with one attached hydrogen (secondary N) is 2. The number of thioether (sulfide) groups is 1. The normalized spacial score (nSPS) is 17.7. The van der Waals surface area contributed by atoms with Crippen molar-refractivity contribution < 1.29 is 24.2 Å². The fourth-order valence-corrected chi connectivity index (χ4v) is 6.47. The summed E-state index contributed by atoms with van der Waals surface area (Å²) >= 11 is 1.67. The summed E-state index contributed by atoms with van der Waals surface area (Å²) in [4.78, 5) is 27.8. The first-order valence-electron chi connectivity index (χ1n) is 16.2. The van der Waals surface area contributed by atoms with E-state index in [1.807, 2.05) is 54.2 Å². The zero-order valence-electron chi connectivity index (χ0n) is 27.1. The summed E-state index contributed by atoms with van der Waals surface area (Å²) in [5, 5.41) is 16.3. The van der Waals surface area contributed by atoms with Crippen molar-refractivity contribution in [1.82, 2.24) is 20.2 Å². The SMILES string of the molecule is CC(=O)NCCCCCC(=O)NCc1cccc(-c2ccc([C@@H]3O[C@H](CSc4nccn4C)C[C@H](c4ccc(CO)cc4)O3)cc2)c1. The van der Waals surface area contributed by atoms with E-state index in [2.05, 4.69) is 52.0 Å². The molecule has 3 N–H and O–H groups in total. The molecule has 0 saturated carbocycles. The van der Waals surface area contributed by atoms with Crippen LogP contribution in [0, 0.1) is 0 Å². The van der Waals surface area contributed by atoms with E-state index < -0.39 is 6.29 Å². The van der Waals surface area contributed by atoms with Gasteiger partial charge in [-0.05, 0) is 46.7 Å². The van der Waals surface area contributed by atoms with Crippen LogP contribution in [-0.4, -0.2) is 44.9 Å². The molecule has 1 aromatic heterocycles. The number of aromatic nitrogens is 2. The Morgan fingerprint density at radius 2 is 1.72 bits per heavy atom. The van der Waals surface area contributed by atoms with Gasteiger partial charge >= 0.3 is 0 Å². The summed E-state index contributed by atoms with van der Waals surface area (Å²) in [6, 6.07) is 24.4.